The van der Waals surface area contributed by atoms with Crippen LogP contribution in [0, 0.1) is 17.0 Å². The van der Waals surface area contributed by atoms with Crippen molar-refractivity contribution in [2.24, 2.45) is 0 Å². The first-order valence-electron chi connectivity index (χ1n) is 7.54. The second kappa shape index (κ2) is 6.98. The number of fused-ring (bicyclic) bond motifs is 1. The molecular weight excluding hydrogens is 352 g/mol. The highest BCUT2D eigenvalue weighted by Crippen LogP contribution is 2.39. The van der Waals surface area contributed by atoms with Crippen LogP contribution in [0.3, 0.4) is 0 Å². The number of ether oxygens (including phenoxy) is 3. The Bertz CT molecular complexity index is 847. The van der Waals surface area contributed by atoms with E-state index in [-0.39, 0.29) is 24.8 Å². The van der Waals surface area contributed by atoms with Crippen molar-refractivity contribution in [2.45, 2.75) is 20.1 Å². The Morgan fingerprint density at radius 2 is 2.04 bits per heavy atom. The van der Waals surface area contributed by atoms with Gasteiger partial charge in [-0.3, -0.25) is 10.1 Å². The quantitative estimate of drug-likeness (QED) is 0.572. The summed E-state index contributed by atoms with van der Waals surface area (Å²) in [6, 6.07) is 4.47. The van der Waals surface area contributed by atoms with Gasteiger partial charge >= 0.3 is 6.61 Å². The molecule has 0 spiro atoms. The van der Waals surface area contributed by atoms with Crippen molar-refractivity contribution >= 4 is 11.5 Å². The Kier molecular flexibility index (Phi) is 4.74. The van der Waals surface area contributed by atoms with E-state index in [1.165, 1.54) is 6.07 Å². The molecule has 0 saturated carbocycles. The van der Waals surface area contributed by atoms with E-state index in [1.54, 1.807) is 31.0 Å². The van der Waals surface area contributed by atoms with E-state index >= 15 is 0 Å². The minimum Gasteiger partial charge on any atom is -0.454 e. The Hall–Kier alpha value is -3.17. The van der Waals surface area contributed by atoms with Gasteiger partial charge in [-0.1, -0.05) is 0 Å². The zero-order chi connectivity index (χ0) is 18.8. The largest absolute Gasteiger partial charge is 0.454 e. The van der Waals surface area contributed by atoms with E-state index in [1.807, 2.05) is 0 Å². The molecule has 138 valence electrons. The molecule has 0 unspecified atom stereocenters. The molecule has 1 aromatic heterocycles. The highest BCUT2D eigenvalue weighted by molar-refractivity contribution is 5.54. The Balaban J connectivity index is 1.88. The third-order valence-corrected chi connectivity index (χ3v) is 3.84. The highest BCUT2D eigenvalue weighted by atomic mass is 19.3. The van der Waals surface area contributed by atoms with Crippen molar-refractivity contribution in [3.05, 3.63) is 45.6 Å². The van der Waals surface area contributed by atoms with Crippen LogP contribution in [0.25, 0.3) is 0 Å². The molecule has 0 saturated heterocycles. The first kappa shape index (κ1) is 17.6. The fourth-order valence-corrected chi connectivity index (χ4v) is 2.57. The Labute approximate surface area is 147 Å². The van der Waals surface area contributed by atoms with Gasteiger partial charge in [0.25, 0.3) is 5.69 Å². The predicted molar refractivity (Wildman–Crippen MR) is 86.9 cm³/mol. The van der Waals surface area contributed by atoms with Gasteiger partial charge in [0.1, 0.15) is 17.8 Å². The molecule has 0 atom stereocenters. The van der Waals surface area contributed by atoms with E-state index in [9.17, 15) is 18.9 Å². The molecule has 8 nitrogen and oxygen atoms in total. The van der Waals surface area contributed by atoms with Gasteiger partial charge in [-0.05, 0) is 19.1 Å². The van der Waals surface area contributed by atoms with Crippen LogP contribution in [0.4, 0.5) is 20.3 Å². The van der Waals surface area contributed by atoms with Crippen LogP contribution < -0.4 is 19.1 Å². The van der Waals surface area contributed by atoms with Crippen LogP contribution in [0.5, 0.6) is 17.2 Å². The number of pyridine rings is 1. The lowest BCUT2D eigenvalue weighted by molar-refractivity contribution is -0.385. The topological polar surface area (TPSA) is 87.0 Å². The molecule has 1 aromatic carbocycles. The van der Waals surface area contributed by atoms with Crippen molar-refractivity contribution in [3.63, 3.8) is 0 Å². The van der Waals surface area contributed by atoms with Crippen LogP contribution in [-0.4, -0.2) is 30.4 Å². The fraction of sp³-hybridized carbons (Fsp3) is 0.312. The normalized spacial score (nSPS) is 12.3. The third-order valence-electron chi connectivity index (χ3n) is 3.84. The molecule has 10 heteroatoms. The highest BCUT2D eigenvalue weighted by Gasteiger charge is 2.21. The number of aromatic nitrogens is 1. The zero-order valence-corrected chi connectivity index (χ0v) is 13.9. The summed E-state index contributed by atoms with van der Waals surface area (Å²) < 4.78 is 40.4. The number of anilines is 1. The number of hydrogen-bond acceptors (Lipinski definition) is 7. The maximum absolute atomic E-state index is 12.7. The van der Waals surface area contributed by atoms with Crippen molar-refractivity contribution in [3.8, 4) is 17.2 Å². The Morgan fingerprint density at radius 1 is 1.35 bits per heavy atom. The van der Waals surface area contributed by atoms with E-state index in [0.29, 0.717) is 28.4 Å². The average Bonchev–Trinajstić information content (AvgIpc) is 3.01. The maximum Gasteiger partial charge on any atom is 0.387 e. The second-order valence-electron chi connectivity index (χ2n) is 5.63. The van der Waals surface area contributed by atoms with Crippen LogP contribution in [0.2, 0.25) is 0 Å². The number of benzene rings is 1. The van der Waals surface area contributed by atoms with Gasteiger partial charge in [-0.2, -0.15) is 8.78 Å². The minimum absolute atomic E-state index is 0.00580. The molecule has 1 aliphatic heterocycles. The van der Waals surface area contributed by atoms with Crippen molar-refractivity contribution < 1.29 is 27.9 Å². The van der Waals surface area contributed by atoms with Gasteiger partial charge in [-0.15, -0.1) is 0 Å². The van der Waals surface area contributed by atoms with Crippen LogP contribution in [0.15, 0.2) is 24.4 Å². The smallest absolute Gasteiger partial charge is 0.387 e. The number of hydrogen-bond donors (Lipinski definition) is 0. The van der Waals surface area contributed by atoms with Crippen molar-refractivity contribution in [1.29, 1.82) is 0 Å². The monoisotopic (exact) mass is 367 g/mol. The van der Waals surface area contributed by atoms with Crippen LogP contribution in [-0.2, 0) is 6.54 Å². The molecule has 0 amide bonds. The molecule has 0 fully saturated rings. The first-order chi connectivity index (χ1) is 12.3. The summed E-state index contributed by atoms with van der Waals surface area (Å²) in [7, 11) is 1.68. The molecule has 0 N–H and O–H groups in total. The van der Waals surface area contributed by atoms with Crippen LogP contribution in [0.1, 0.15) is 11.1 Å². The fourth-order valence-electron chi connectivity index (χ4n) is 2.57. The van der Waals surface area contributed by atoms with Gasteiger partial charge in [0.2, 0.25) is 6.79 Å². The lowest BCUT2D eigenvalue weighted by Gasteiger charge is -2.20. The number of nitrogens with zero attached hydrogens (tertiary/aromatic N) is 3. The molecule has 2 aromatic rings. The maximum atomic E-state index is 12.7. The van der Waals surface area contributed by atoms with E-state index in [2.05, 4.69) is 9.72 Å². The number of nitro groups is 1. The molecule has 0 radical (unpaired) electrons. The lowest BCUT2D eigenvalue weighted by atomic mass is 10.1. The molecular formula is C16H15F2N3O5. The molecule has 26 heavy (non-hydrogen) atoms. The number of halogens is 2. The number of aryl methyl sites for hydroxylation is 1. The van der Waals surface area contributed by atoms with Gasteiger partial charge in [0.15, 0.2) is 11.5 Å². The third kappa shape index (κ3) is 3.58. The summed E-state index contributed by atoms with van der Waals surface area (Å²) in [5, 5.41) is 10.9. The number of alkyl halides is 2. The van der Waals surface area contributed by atoms with E-state index in [0.717, 1.165) is 6.20 Å². The van der Waals surface area contributed by atoms with Crippen molar-refractivity contribution in [2.75, 3.05) is 18.7 Å². The van der Waals surface area contributed by atoms with Gasteiger partial charge in [0, 0.05) is 30.8 Å². The SMILES string of the molecule is Cc1cc(N(C)Cc2cc3c(cc2OC(F)F)OCO3)ncc1[N+](=O)[O-]. The first-order valence-corrected chi connectivity index (χ1v) is 7.54. The average molecular weight is 367 g/mol. The summed E-state index contributed by atoms with van der Waals surface area (Å²) >= 11 is 0. The van der Waals surface area contributed by atoms with Gasteiger partial charge < -0.3 is 19.1 Å². The molecule has 2 heterocycles. The van der Waals surface area contributed by atoms with Crippen LogP contribution >= 0.6 is 0 Å². The zero-order valence-electron chi connectivity index (χ0n) is 13.9. The summed E-state index contributed by atoms with van der Waals surface area (Å²) in [5.74, 6) is 1.18. The minimum atomic E-state index is -2.99. The second-order valence-corrected chi connectivity index (χ2v) is 5.63. The Morgan fingerprint density at radius 3 is 2.65 bits per heavy atom. The van der Waals surface area contributed by atoms with Crippen molar-refractivity contribution in [1.82, 2.24) is 4.98 Å². The standard InChI is InChI=1S/C16H15F2N3O5/c1-9-3-15(19-6-11(9)21(22)23)20(2)7-10-4-13-14(25-8-24-13)5-12(10)26-16(17)18/h3-6,16H,7-8H2,1-2H3. The van der Waals surface area contributed by atoms with E-state index < -0.39 is 11.5 Å². The van der Waals surface area contributed by atoms with E-state index in [4.69, 9.17) is 9.47 Å². The summed E-state index contributed by atoms with van der Waals surface area (Å²) in [4.78, 5) is 16.1. The molecule has 3 rings (SSSR count). The summed E-state index contributed by atoms with van der Waals surface area (Å²) in [6.45, 7) is -1.21. The molecule has 1 aliphatic rings. The number of rotatable bonds is 6. The molecule has 0 bridgehead atoms. The van der Waals surface area contributed by atoms with Gasteiger partial charge in [0.05, 0.1) is 4.92 Å². The lowest BCUT2D eigenvalue weighted by Crippen LogP contribution is -2.19. The summed E-state index contributed by atoms with van der Waals surface area (Å²) in [6.07, 6.45) is 1.16. The molecule has 0 aliphatic carbocycles. The predicted octanol–water partition coefficient (Wildman–Crippen LogP) is 3.26. The summed E-state index contributed by atoms with van der Waals surface area (Å²) in [5.41, 5.74) is 0.795. The van der Waals surface area contributed by atoms with Gasteiger partial charge in [-0.25, -0.2) is 4.98 Å².